The first-order valence-corrected chi connectivity index (χ1v) is 9.37. The van der Waals surface area contributed by atoms with Gasteiger partial charge < -0.3 is 14.7 Å². The molecule has 0 unspecified atom stereocenters. The number of rotatable bonds is 6. The van der Waals surface area contributed by atoms with Gasteiger partial charge in [0.25, 0.3) is 0 Å². The summed E-state index contributed by atoms with van der Waals surface area (Å²) in [5.41, 5.74) is 0. The van der Waals surface area contributed by atoms with Crippen LogP contribution in [-0.4, -0.2) is 148 Å². The molecule has 9 heteroatoms. The highest BCUT2D eigenvalue weighted by molar-refractivity contribution is 5.78. The molecule has 9 nitrogen and oxygen atoms in total. The third-order valence-electron chi connectivity index (χ3n) is 4.77. The van der Waals surface area contributed by atoms with E-state index in [1.54, 1.807) is 57.0 Å². The van der Waals surface area contributed by atoms with Crippen LogP contribution in [0.25, 0.3) is 0 Å². The molecule has 0 N–H and O–H groups in total. The molecule has 1 aliphatic rings. The Bertz CT molecular complexity index is 426. The van der Waals surface area contributed by atoms with Gasteiger partial charge in [-0.1, -0.05) is 0 Å². The summed E-state index contributed by atoms with van der Waals surface area (Å²) in [6.07, 6.45) is 0. The Morgan fingerprint density at radius 1 is 0.519 bits per heavy atom. The van der Waals surface area contributed by atoms with E-state index in [1.165, 1.54) is 0 Å². The highest BCUT2D eigenvalue weighted by Crippen LogP contribution is 2.03. The Morgan fingerprint density at radius 2 is 0.704 bits per heavy atom. The van der Waals surface area contributed by atoms with Crippen molar-refractivity contribution in [1.82, 2.24) is 29.4 Å². The Balaban J connectivity index is 2.82. The van der Waals surface area contributed by atoms with E-state index >= 15 is 0 Å². The number of carbonyl (C=O) groups is 3. The third-order valence-corrected chi connectivity index (χ3v) is 4.77. The fourth-order valence-electron chi connectivity index (χ4n) is 2.66. The van der Waals surface area contributed by atoms with Gasteiger partial charge in [0.05, 0.1) is 19.6 Å². The van der Waals surface area contributed by atoms with Crippen LogP contribution in [0.5, 0.6) is 0 Å². The summed E-state index contributed by atoms with van der Waals surface area (Å²) < 4.78 is 0. The molecule has 0 saturated carbocycles. The first kappa shape index (κ1) is 23.3. The van der Waals surface area contributed by atoms with E-state index in [0.29, 0.717) is 19.6 Å². The van der Waals surface area contributed by atoms with Crippen molar-refractivity contribution in [2.24, 2.45) is 0 Å². The predicted molar refractivity (Wildman–Crippen MR) is 105 cm³/mol. The highest BCUT2D eigenvalue weighted by Gasteiger charge is 2.22. The zero-order valence-electron chi connectivity index (χ0n) is 17.8. The summed E-state index contributed by atoms with van der Waals surface area (Å²) in [6.45, 7) is 5.34. The van der Waals surface area contributed by atoms with Crippen LogP contribution in [0.4, 0.5) is 0 Å². The minimum Gasteiger partial charge on any atom is -0.348 e. The quantitative estimate of drug-likeness (QED) is 0.537. The molecule has 0 aromatic carbocycles. The highest BCUT2D eigenvalue weighted by atomic mass is 16.2. The monoisotopic (exact) mass is 384 g/mol. The largest absolute Gasteiger partial charge is 0.348 e. The maximum Gasteiger partial charge on any atom is 0.236 e. The van der Waals surface area contributed by atoms with Crippen molar-refractivity contribution in [3.63, 3.8) is 0 Å². The second-order valence-corrected chi connectivity index (χ2v) is 7.69. The van der Waals surface area contributed by atoms with Crippen molar-refractivity contribution in [3.05, 3.63) is 0 Å². The summed E-state index contributed by atoms with van der Waals surface area (Å²) in [6, 6.07) is 0. The molecular formula is C18H36N6O3. The molecule has 0 aromatic rings. The molecule has 156 valence electrons. The maximum absolute atomic E-state index is 12.1. The van der Waals surface area contributed by atoms with E-state index in [9.17, 15) is 14.4 Å². The van der Waals surface area contributed by atoms with Crippen LogP contribution in [0.3, 0.4) is 0 Å². The first-order chi connectivity index (χ1) is 12.6. The Kier molecular flexibility index (Phi) is 9.68. The number of hydrogen-bond acceptors (Lipinski definition) is 6. The lowest BCUT2D eigenvalue weighted by atomic mass is 10.3. The SMILES string of the molecule is CN(C)C(=O)CN1CCN(CC(=O)N(C)C)CCN(CC(=O)N(C)C)CC1. The number of amides is 3. The lowest BCUT2D eigenvalue weighted by Crippen LogP contribution is -2.44. The summed E-state index contributed by atoms with van der Waals surface area (Å²) in [5.74, 6) is 0.170. The van der Waals surface area contributed by atoms with Gasteiger partial charge >= 0.3 is 0 Å². The fourth-order valence-corrected chi connectivity index (χ4v) is 2.66. The van der Waals surface area contributed by atoms with E-state index in [1.807, 2.05) is 0 Å². The van der Waals surface area contributed by atoms with Gasteiger partial charge in [-0.05, 0) is 0 Å². The van der Waals surface area contributed by atoms with Crippen molar-refractivity contribution in [3.8, 4) is 0 Å². The van der Waals surface area contributed by atoms with Crippen LogP contribution >= 0.6 is 0 Å². The van der Waals surface area contributed by atoms with Crippen LogP contribution in [0.1, 0.15) is 0 Å². The smallest absolute Gasteiger partial charge is 0.236 e. The van der Waals surface area contributed by atoms with E-state index in [2.05, 4.69) is 14.7 Å². The van der Waals surface area contributed by atoms with E-state index in [0.717, 1.165) is 39.3 Å². The van der Waals surface area contributed by atoms with Gasteiger partial charge in [0.2, 0.25) is 17.7 Å². The molecule has 27 heavy (non-hydrogen) atoms. The maximum atomic E-state index is 12.1. The average Bonchev–Trinajstić information content (AvgIpc) is 2.67. The van der Waals surface area contributed by atoms with E-state index < -0.39 is 0 Å². The molecule has 3 amide bonds. The van der Waals surface area contributed by atoms with Crippen molar-refractivity contribution in [2.75, 3.05) is 101 Å². The second-order valence-electron chi connectivity index (χ2n) is 7.69. The van der Waals surface area contributed by atoms with Gasteiger partial charge in [-0.25, -0.2) is 0 Å². The van der Waals surface area contributed by atoms with Gasteiger partial charge in [-0.15, -0.1) is 0 Å². The Morgan fingerprint density at radius 3 is 0.852 bits per heavy atom. The van der Waals surface area contributed by atoms with Crippen molar-refractivity contribution in [2.45, 2.75) is 0 Å². The van der Waals surface area contributed by atoms with E-state index in [4.69, 9.17) is 0 Å². The minimum absolute atomic E-state index is 0.0566. The second kappa shape index (κ2) is 11.2. The number of likely N-dealkylation sites (N-methyl/N-ethyl adjacent to an activating group) is 3. The normalized spacial score (nSPS) is 17.6. The summed E-state index contributed by atoms with van der Waals surface area (Å²) in [7, 11) is 10.5. The first-order valence-electron chi connectivity index (χ1n) is 9.37. The van der Waals surface area contributed by atoms with Gasteiger partial charge in [0.1, 0.15) is 0 Å². The van der Waals surface area contributed by atoms with Gasteiger partial charge in [-0.2, -0.15) is 0 Å². The molecule has 0 aliphatic carbocycles. The molecule has 1 aliphatic heterocycles. The fraction of sp³-hybridized carbons (Fsp3) is 0.833. The molecule has 1 rings (SSSR count). The summed E-state index contributed by atoms with van der Waals surface area (Å²) in [4.78, 5) is 47.5. The van der Waals surface area contributed by atoms with Crippen molar-refractivity contribution < 1.29 is 14.4 Å². The van der Waals surface area contributed by atoms with Gasteiger partial charge in [0.15, 0.2) is 0 Å². The molecule has 0 bridgehead atoms. The standard InChI is InChI=1S/C18H36N6O3/c1-19(2)16(25)13-22-7-9-23(14-17(26)20(3)4)11-12-24(10-8-22)15-18(27)21(5)6/h7-15H2,1-6H3. The average molecular weight is 385 g/mol. The van der Waals surface area contributed by atoms with Crippen LogP contribution in [0.15, 0.2) is 0 Å². The summed E-state index contributed by atoms with van der Waals surface area (Å²) >= 11 is 0. The van der Waals surface area contributed by atoms with E-state index in [-0.39, 0.29) is 17.7 Å². The molecule has 0 radical (unpaired) electrons. The Labute approximate surface area is 163 Å². The van der Waals surface area contributed by atoms with Crippen molar-refractivity contribution >= 4 is 17.7 Å². The van der Waals surface area contributed by atoms with Gasteiger partial charge in [0, 0.05) is 81.6 Å². The third kappa shape index (κ3) is 8.68. The van der Waals surface area contributed by atoms with Crippen LogP contribution in [0, 0.1) is 0 Å². The lowest BCUT2D eigenvalue weighted by molar-refractivity contribution is -0.131. The molecule has 0 atom stereocenters. The molecule has 1 heterocycles. The van der Waals surface area contributed by atoms with Gasteiger partial charge in [-0.3, -0.25) is 29.1 Å². The number of hydrogen-bond donors (Lipinski definition) is 0. The zero-order chi connectivity index (χ0) is 20.6. The number of carbonyl (C=O) groups excluding carboxylic acids is 3. The molecule has 0 spiro atoms. The zero-order valence-corrected chi connectivity index (χ0v) is 17.8. The predicted octanol–water partition coefficient (Wildman–Crippen LogP) is -1.83. The van der Waals surface area contributed by atoms with Crippen molar-refractivity contribution in [1.29, 1.82) is 0 Å². The number of nitrogens with zero attached hydrogens (tertiary/aromatic N) is 6. The summed E-state index contributed by atoms with van der Waals surface area (Å²) in [5, 5.41) is 0. The molecule has 1 saturated heterocycles. The van der Waals surface area contributed by atoms with Crippen LogP contribution in [0.2, 0.25) is 0 Å². The molecular weight excluding hydrogens is 348 g/mol. The Hall–Kier alpha value is -1.71. The molecule has 1 fully saturated rings. The van der Waals surface area contributed by atoms with Crippen LogP contribution < -0.4 is 0 Å². The molecule has 0 aromatic heterocycles. The minimum atomic E-state index is 0.0566. The topological polar surface area (TPSA) is 70.7 Å². The van der Waals surface area contributed by atoms with Crippen LogP contribution in [-0.2, 0) is 14.4 Å². The lowest BCUT2D eigenvalue weighted by Gasteiger charge is -2.26.